The number of hydrogen-bond acceptors (Lipinski definition) is 4. The van der Waals surface area contributed by atoms with Crippen molar-refractivity contribution < 1.29 is 9.84 Å². The van der Waals surface area contributed by atoms with E-state index in [1.807, 2.05) is 30.3 Å². The van der Waals surface area contributed by atoms with Crippen LogP contribution in [0.4, 0.5) is 0 Å². The largest absolute Gasteiger partial charge is 0.507 e. The number of phenols is 1. The van der Waals surface area contributed by atoms with E-state index in [9.17, 15) is 10.4 Å². The Morgan fingerprint density at radius 1 is 1.10 bits per heavy atom. The molecule has 0 fully saturated rings. The van der Waals surface area contributed by atoms with Crippen molar-refractivity contribution in [2.45, 2.75) is 5.92 Å². The summed E-state index contributed by atoms with van der Waals surface area (Å²) >= 11 is 0. The third-order valence-corrected chi connectivity index (χ3v) is 3.36. The Balaban J connectivity index is 2.28. The minimum atomic E-state index is -0.411. The van der Waals surface area contributed by atoms with Crippen LogP contribution in [0, 0.1) is 11.3 Å². The van der Waals surface area contributed by atoms with Crippen LogP contribution in [-0.4, -0.2) is 5.11 Å². The van der Waals surface area contributed by atoms with Crippen molar-refractivity contribution in [3.8, 4) is 17.6 Å². The summed E-state index contributed by atoms with van der Waals surface area (Å²) in [6.07, 6.45) is 0. The Kier molecular flexibility index (Phi) is 2.81. The predicted octanol–water partition coefficient (Wildman–Crippen LogP) is 2.61. The molecule has 0 aliphatic carbocycles. The molecule has 0 saturated carbocycles. The number of allylic oxidation sites excluding steroid dienone is 1. The van der Waals surface area contributed by atoms with E-state index in [0.717, 1.165) is 5.56 Å². The van der Waals surface area contributed by atoms with Gasteiger partial charge in [-0.15, -0.1) is 0 Å². The van der Waals surface area contributed by atoms with Gasteiger partial charge in [-0.1, -0.05) is 36.4 Å². The lowest BCUT2D eigenvalue weighted by Gasteiger charge is -2.26. The highest BCUT2D eigenvalue weighted by Gasteiger charge is 2.32. The van der Waals surface area contributed by atoms with E-state index in [1.54, 1.807) is 18.2 Å². The number of phenolic OH excluding ortho intramolecular Hbond substituents is 1. The number of rotatable bonds is 1. The first-order valence-electron chi connectivity index (χ1n) is 6.16. The SMILES string of the molecule is N#CC1=C(N)Oc2cccc(O)c2C1c1ccccc1. The quantitative estimate of drug-likeness (QED) is 0.829. The molecule has 1 heterocycles. The summed E-state index contributed by atoms with van der Waals surface area (Å²) < 4.78 is 5.44. The fraction of sp³-hybridized carbons (Fsp3) is 0.0625. The predicted molar refractivity (Wildman–Crippen MR) is 73.8 cm³/mol. The van der Waals surface area contributed by atoms with Gasteiger partial charge in [0.2, 0.25) is 5.88 Å². The Labute approximate surface area is 116 Å². The van der Waals surface area contributed by atoms with Crippen LogP contribution >= 0.6 is 0 Å². The zero-order valence-electron chi connectivity index (χ0n) is 10.6. The summed E-state index contributed by atoms with van der Waals surface area (Å²) in [7, 11) is 0. The van der Waals surface area contributed by atoms with Crippen molar-refractivity contribution in [2.24, 2.45) is 5.73 Å². The van der Waals surface area contributed by atoms with E-state index in [4.69, 9.17) is 10.5 Å². The monoisotopic (exact) mass is 264 g/mol. The summed E-state index contributed by atoms with van der Waals surface area (Å²) in [6.45, 7) is 0. The van der Waals surface area contributed by atoms with Crippen LogP contribution in [0.25, 0.3) is 0 Å². The number of hydrogen-bond donors (Lipinski definition) is 2. The first kappa shape index (κ1) is 12.1. The molecule has 0 amide bonds. The number of nitrogens with zero attached hydrogens (tertiary/aromatic N) is 1. The maximum Gasteiger partial charge on any atom is 0.205 e. The Morgan fingerprint density at radius 2 is 1.85 bits per heavy atom. The highest BCUT2D eigenvalue weighted by molar-refractivity contribution is 5.59. The van der Waals surface area contributed by atoms with Gasteiger partial charge in [0.25, 0.3) is 0 Å². The molecule has 2 aromatic carbocycles. The molecule has 0 spiro atoms. The molecule has 0 bridgehead atoms. The van der Waals surface area contributed by atoms with Gasteiger partial charge in [-0.25, -0.2) is 0 Å². The molecular formula is C16H12N2O2. The molecule has 1 unspecified atom stereocenters. The Bertz CT molecular complexity index is 730. The summed E-state index contributed by atoms with van der Waals surface area (Å²) in [5.74, 6) is 0.248. The van der Waals surface area contributed by atoms with Gasteiger partial charge >= 0.3 is 0 Å². The van der Waals surface area contributed by atoms with Crippen LogP contribution in [0.2, 0.25) is 0 Å². The summed E-state index contributed by atoms with van der Waals surface area (Å²) in [6, 6.07) is 16.5. The fourth-order valence-electron chi connectivity index (χ4n) is 2.47. The highest BCUT2D eigenvalue weighted by Crippen LogP contribution is 2.45. The second kappa shape index (κ2) is 4.63. The van der Waals surface area contributed by atoms with Crippen LogP contribution in [0.15, 0.2) is 60.0 Å². The molecule has 1 aliphatic heterocycles. The minimum absolute atomic E-state index is 0.0828. The van der Waals surface area contributed by atoms with Crippen molar-refractivity contribution in [3.05, 3.63) is 71.1 Å². The van der Waals surface area contributed by atoms with E-state index >= 15 is 0 Å². The molecule has 20 heavy (non-hydrogen) atoms. The van der Waals surface area contributed by atoms with Crippen LogP contribution in [0.1, 0.15) is 17.0 Å². The second-order valence-corrected chi connectivity index (χ2v) is 4.52. The zero-order chi connectivity index (χ0) is 14.1. The topological polar surface area (TPSA) is 79.3 Å². The maximum absolute atomic E-state index is 10.1. The molecule has 1 atom stereocenters. The molecule has 4 nitrogen and oxygen atoms in total. The molecule has 3 N–H and O–H groups in total. The van der Waals surface area contributed by atoms with Gasteiger partial charge in [0, 0.05) is 5.56 Å². The number of aromatic hydroxyl groups is 1. The van der Waals surface area contributed by atoms with Gasteiger partial charge in [0.05, 0.1) is 5.92 Å². The number of benzene rings is 2. The standard InChI is InChI=1S/C16H12N2O2/c17-9-11-14(10-5-2-1-3-6-10)15-12(19)7-4-8-13(15)20-16(11)18/h1-8,14,19H,18H2. The van der Waals surface area contributed by atoms with Gasteiger partial charge in [0.1, 0.15) is 23.1 Å². The van der Waals surface area contributed by atoms with Crippen molar-refractivity contribution in [1.82, 2.24) is 0 Å². The normalized spacial score (nSPS) is 17.1. The molecule has 0 aromatic heterocycles. The van der Waals surface area contributed by atoms with E-state index in [1.165, 1.54) is 0 Å². The van der Waals surface area contributed by atoms with Crippen LogP contribution in [0.3, 0.4) is 0 Å². The first-order valence-corrected chi connectivity index (χ1v) is 6.16. The molecule has 0 saturated heterocycles. The average molecular weight is 264 g/mol. The van der Waals surface area contributed by atoms with Crippen LogP contribution < -0.4 is 10.5 Å². The van der Waals surface area contributed by atoms with E-state index in [-0.39, 0.29) is 11.6 Å². The minimum Gasteiger partial charge on any atom is -0.507 e. The fourth-order valence-corrected chi connectivity index (χ4v) is 2.47. The Hall–Kier alpha value is -2.93. The smallest absolute Gasteiger partial charge is 0.205 e. The molecule has 4 heteroatoms. The maximum atomic E-state index is 10.1. The lowest BCUT2D eigenvalue weighted by atomic mass is 9.83. The Morgan fingerprint density at radius 3 is 2.55 bits per heavy atom. The zero-order valence-corrected chi connectivity index (χ0v) is 10.6. The van der Waals surface area contributed by atoms with E-state index in [2.05, 4.69) is 6.07 Å². The number of fused-ring (bicyclic) bond motifs is 1. The third-order valence-electron chi connectivity index (χ3n) is 3.36. The van der Waals surface area contributed by atoms with Gasteiger partial charge in [-0.05, 0) is 17.7 Å². The van der Waals surface area contributed by atoms with Crippen molar-refractivity contribution in [1.29, 1.82) is 5.26 Å². The van der Waals surface area contributed by atoms with Crippen LogP contribution in [-0.2, 0) is 0 Å². The highest BCUT2D eigenvalue weighted by atomic mass is 16.5. The van der Waals surface area contributed by atoms with Gasteiger partial charge in [-0.2, -0.15) is 5.26 Å². The molecule has 1 aliphatic rings. The third kappa shape index (κ3) is 1.77. The molecule has 0 radical (unpaired) electrons. The van der Waals surface area contributed by atoms with Crippen molar-refractivity contribution >= 4 is 0 Å². The summed E-state index contributed by atoms with van der Waals surface area (Å²) in [5, 5.41) is 19.5. The molecule has 3 rings (SSSR count). The molecule has 2 aromatic rings. The van der Waals surface area contributed by atoms with Gasteiger partial charge in [0.15, 0.2) is 0 Å². The number of nitrogens with two attached hydrogens (primary N) is 1. The second-order valence-electron chi connectivity index (χ2n) is 4.52. The van der Waals surface area contributed by atoms with Crippen LogP contribution in [0.5, 0.6) is 11.5 Å². The number of nitriles is 1. The van der Waals surface area contributed by atoms with Gasteiger partial charge in [-0.3, -0.25) is 0 Å². The van der Waals surface area contributed by atoms with E-state index < -0.39 is 5.92 Å². The number of ether oxygens (including phenoxy) is 1. The average Bonchev–Trinajstić information content (AvgIpc) is 2.47. The summed E-state index contributed by atoms with van der Waals surface area (Å²) in [5.41, 5.74) is 7.61. The molecular weight excluding hydrogens is 252 g/mol. The molecule has 98 valence electrons. The summed E-state index contributed by atoms with van der Waals surface area (Å²) in [4.78, 5) is 0. The first-order chi connectivity index (χ1) is 9.72. The van der Waals surface area contributed by atoms with E-state index in [0.29, 0.717) is 16.9 Å². The van der Waals surface area contributed by atoms with Crippen molar-refractivity contribution in [3.63, 3.8) is 0 Å². The van der Waals surface area contributed by atoms with Gasteiger partial charge < -0.3 is 15.6 Å². The van der Waals surface area contributed by atoms with Crippen molar-refractivity contribution in [2.75, 3.05) is 0 Å². The lowest BCUT2D eigenvalue weighted by Crippen LogP contribution is -2.21. The lowest BCUT2D eigenvalue weighted by molar-refractivity contribution is 0.382.